The Morgan fingerprint density at radius 1 is 1.55 bits per heavy atom. The molecule has 0 aromatic carbocycles. The first-order chi connectivity index (χ1) is 4.84. The maximum Gasteiger partial charge on any atom is 0.257 e. The molecule has 0 saturated heterocycles. The molecule has 11 heavy (non-hydrogen) atoms. The molecule has 0 aromatic heterocycles. The number of rotatable bonds is 3. The third-order valence-corrected chi connectivity index (χ3v) is 1.21. The number of alkyl halides is 1. The minimum absolute atomic E-state index is 0.362. The quantitative estimate of drug-likeness (QED) is 0.667. The zero-order chi connectivity index (χ0) is 9.07. The van der Waals surface area contributed by atoms with Gasteiger partial charge < -0.3 is 5.32 Å². The van der Waals surface area contributed by atoms with E-state index >= 15 is 0 Å². The Hall–Kier alpha value is -0.600. The van der Waals surface area contributed by atoms with Crippen molar-refractivity contribution in [3.05, 3.63) is 0 Å². The molecule has 66 valence electrons. The highest BCUT2D eigenvalue weighted by molar-refractivity contribution is 5.83. The van der Waals surface area contributed by atoms with Crippen LogP contribution < -0.4 is 5.32 Å². The second kappa shape index (κ2) is 3.69. The summed E-state index contributed by atoms with van der Waals surface area (Å²) >= 11 is 0. The molecule has 0 aliphatic carbocycles. The lowest BCUT2D eigenvalue weighted by Crippen LogP contribution is -2.40. The lowest BCUT2D eigenvalue weighted by Gasteiger charge is -2.14. The maximum absolute atomic E-state index is 12.8. The van der Waals surface area contributed by atoms with E-state index in [1.165, 1.54) is 13.8 Å². The number of halogens is 1. The number of hydrogen-bond acceptors (Lipinski definition) is 1. The van der Waals surface area contributed by atoms with E-state index < -0.39 is 11.6 Å². The molecule has 1 amide bonds. The summed E-state index contributed by atoms with van der Waals surface area (Å²) in [5.74, 6) is -0.174. The average Bonchev–Trinajstić information content (AvgIpc) is 1.80. The van der Waals surface area contributed by atoms with E-state index in [9.17, 15) is 9.18 Å². The van der Waals surface area contributed by atoms with Gasteiger partial charge in [-0.25, -0.2) is 4.39 Å². The van der Waals surface area contributed by atoms with Gasteiger partial charge in [0.1, 0.15) is 0 Å². The second-order valence-corrected chi connectivity index (χ2v) is 3.58. The van der Waals surface area contributed by atoms with E-state index in [-0.39, 0.29) is 0 Å². The maximum atomic E-state index is 12.8. The molecule has 2 nitrogen and oxygen atoms in total. The molecular weight excluding hydrogens is 145 g/mol. The van der Waals surface area contributed by atoms with E-state index in [4.69, 9.17) is 0 Å². The molecule has 1 N–H and O–H groups in total. The summed E-state index contributed by atoms with van der Waals surface area (Å²) in [5.41, 5.74) is -1.76. The largest absolute Gasteiger partial charge is 0.353 e. The zero-order valence-electron chi connectivity index (χ0n) is 7.57. The van der Waals surface area contributed by atoms with E-state index in [2.05, 4.69) is 5.32 Å². The van der Waals surface area contributed by atoms with Crippen molar-refractivity contribution in [1.82, 2.24) is 5.32 Å². The van der Waals surface area contributed by atoms with Crippen LogP contribution in [0, 0.1) is 5.92 Å². The van der Waals surface area contributed by atoms with Gasteiger partial charge >= 0.3 is 0 Å². The Kier molecular flexibility index (Phi) is 3.49. The smallest absolute Gasteiger partial charge is 0.257 e. The van der Waals surface area contributed by atoms with Crippen molar-refractivity contribution in [1.29, 1.82) is 0 Å². The first-order valence-electron chi connectivity index (χ1n) is 3.81. The van der Waals surface area contributed by atoms with E-state index in [1.54, 1.807) is 0 Å². The Labute approximate surface area is 67.2 Å². The minimum Gasteiger partial charge on any atom is -0.353 e. The third-order valence-electron chi connectivity index (χ3n) is 1.21. The van der Waals surface area contributed by atoms with Crippen LogP contribution in [0.1, 0.15) is 27.7 Å². The monoisotopic (exact) mass is 161 g/mol. The van der Waals surface area contributed by atoms with Gasteiger partial charge in [-0.15, -0.1) is 0 Å². The number of nitrogens with one attached hydrogen (secondary N) is 1. The summed E-state index contributed by atoms with van der Waals surface area (Å²) in [4.78, 5) is 10.9. The highest BCUT2D eigenvalue weighted by Gasteiger charge is 2.25. The Morgan fingerprint density at radius 2 is 2.00 bits per heavy atom. The topological polar surface area (TPSA) is 29.1 Å². The van der Waals surface area contributed by atoms with Crippen LogP contribution in [0.4, 0.5) is 4.39 Å². The van der Waals surface area contributed by atoms with Gasteiger partial charge in [0.2, 0.25) is 0 Å². The highest BCUT2D eigenvalue weighted by Crippen LogP contribution is 2.07. The normalized spacial score (nSPS) is 11.8. The van der Waals surface area contributed by atoms with Crippen molar-refractivity contribution >= 4 is 5.91 Å². The van der Waals surface area contributed by atoms with Crippen molar-refractivity contribution < 1.29 is 9.18 Å². The zero-order valence-corrected chi connectivity index (χ0v) is 7.57. The third kappa shape index (κ3) is 4.76. The fourth-order valence-electron chi connectivity index (χ4n) is 0.507. The summed E-state index contributed by atoms with van der Waals surface area (Å²) in [6.45, 7) is 6.97. The molecule has 0 atom stereocenters. The van der Waals surface area contributed by atoms with Gasteiger partial charge in [0, 0.05) is 6.54 Å². The number of carbonyl (C=O) groups is 1. The van der Waals surface area contributed by atoms with Crippen molar-refractivity contribution in [2.24, 2.45) is 5.92 Å². The first kappa shape index (κ1) is 10.4. The fraction of sp³-hybridized carbons (Fsp3) is 0.875. The van der Waals surface area contributed by atoms with E-state index in [0.29, 0.717) is 12.5 Å². The van der Waals surface area contributed by atoms with Gasteiger partial charge in [-0.2, -0.15) is 0 Å². The van der Waals surface area contributed by atoms with Gasteiger partial charge in [0.05, 0.1) is 0 Å². The van der Waals surface area contributed by atoms with Crippen LogP contribution in [0.25, 0.3) is 0 Å². The van der Waals surface area contributed by atoms with Crippen LogP contribution in [0.3, 0.4) is 0 Å². The molecule has 0 rings (SSSR count). The van der Waals surface area contributed by atoms with Crippen LogP contribution in [0.5, 0.6) is 0 Å². The summed E-state index contributed by atoms with van der Waals surface area (Å²) in [7, 11) is 0. The molecule has 0 fully saturated rings. The lowest BCUT2D eigenvalue weighted by molar-refractivity contribution is -0.130. The van der Waals surface area contributed by atoms with Gasteiger partial charge in [-0.05, 0) is 19.8 Å². The van der Waals surface area contributed by atoms with Crippen molar-refractivity contribution in [3.8, 4) is 0 Å². The van der Waals surface area contributed by atoms with Gasteiger partial charge in [-0.1, -0.05) is 13.8 Å². The average molecular weight is 161 g/mol. The summed E-state index contributed by atoms with van der Waals surface area (Å²) in [5, 5.41) is 2.51. The number of carbonyl (C=O) groups excluding carboxylic acids is 1. The van der Waals surface area contributed by atoms with Crippen LogP contribution in [-0.4, -0.2) is 18.1 Å². The second-order valence-electron chi connectivity index (χ2n) is 3.58. The predicted molar refractivity (Wildman–Crippen MR) is 43.0 cm³/mol. The molecule has 0 heterocycles. The Bertz CT molecular complexity index is 138. The molecule has 0 unspecified atom stereocenters. The summed E-state index contributed by atoms with van der Waals surface area (Å²) < 4.78 is 12.8. The molecular formula is C8H16FNO. The van der Waals surface area contributed by atoms with E-state index in [1.807, 2.05) is 13.8 Å². The molecule has 0 aliphatic heterocycles. The lowest BCUT2D eigenvalue weighted by atomic mass is 10.1. The molecule has 0 aromatic rings. The highest BCUT2D eigenvalue weighted by atomic mass is 19.1. The van der Waals surface area contributed by atoms with Crippen LogP contribution in [-0.2, 0) is 4.79 Å². The predicted octanol–water partition coefficient (Wildman–Crippen LogP) is 1.51. The SMILES string of the molecule is CC(C)CNC(=O)C(C)(C)F. The van der Waals surface area contributed by atoms with Crippen LogP contribution in [0.2, 0.25) is 0 Å². The fourth-order valence-corrected chi connectivity index (χ4v) is 0.507. The number of amides is 1. The molecule has 0 bridgehead atoms. The van der Waals surface area contributed by atoms with Crippen molar-refractivity contribution in [3.63, 3.8) is 0 Å². The van der Waals surface area contributed by atoms with E-state index in [0.717, 1.165) is 0 Å². The molecule has 3 heteroatoms. The summed E-state index contributed by atoms with van der Waals surface area (Å²) in [6.07, 6.45) is 0. The van der Waals surface area contributed by atoms with Gasteiger partial charge in [-0.3, -0.25) is 4.79 Å². The van der Waals surface area contributed by atoms with Gasteiger partial charge in [0.15, 0.2) is 5.67 Å². The summed E-state index contributed by atoms with van der Waals surface area (Å²) in [6, 6.07) is 0. The minimum atomic E-state index is -1.76. The Balaban J connectivity index is 3.71. The number of hydrogen-bond donors (Lipinski definition) is 1. The van der Waals surface area contributed by atoms with Crippen LogP contribution >= 0.6 is 0 Å². The standard InChI is InChI=1S/C8H16FNO/c1-6(2)5-10-7(11)8(3,4)9/h6H,5H2,1-4H3,(H,10,11). The molecule has 0 saturated carbocycles. The molecule has 0 spiro atoms. The van der Waals surface area contributed by atoms with Crippen molar-refractivity contribution in [2.75, 3.05) is 6.54 Å². The molecule has 0 aliphatic rings. The molecule has 0 radical (unpaired) electrons. The van der Waals surface area contributed by atoms with Crippen molar-refractivity contribution in [2.45, 2.75) is 33.4 Å². The van der Waals surface area contributed by atoms with Crippen LogP contribution in [0.15, 0.2) is 0 Å². The van der Waals surface area contributed by atoms with Gasteiger partial charge in [0.25, 0.3) is 5.91 Å². The Morgan fingerprint density at radius 3 is 2.27 bits per heavy atom. The first-order valence-corrected chi connectivity index (χ1v) is 3.81.